The maximum absolute atomic E-state index is 12.4. The van der Waals surface area contributed by atoms with Gasteiger partial charge in [-0.15, -0.1) is 0 Å². The number of sulfone groups is 1. The standard InChI is InChI=1S/C11H18N4O3S2/c1-3-14(2)11-13-9(12)8(19-11)10(16)15-4-6-20(17,18)7-5-15/h3-7,12H2,1-2H3. The highest BCUT2D eigenvalue weighted by Gasteiger charge is 2.28. The van der Waals surface area contributed by atoms with E-state index in [4.69, 9.17) is 5.73 Å². The third-order valence-corrected chi connectivity index (χ3v) is 6.05. The summed E-state index contributed by atoms with van der Waals surface area (Å²) in [7, 11) is -1.12. The van der Waals surface area contributed by atoms with Crippen LogP contribution in [0.4, 0.5) is 10.9 Å². The smallest absolute Gasteiger partial charge is 0.267 e. The molecule has 0 atom stereocenters. The molecule has 9 heteroatoms. The molecule has 2 heterocycles. The molecular formula is C11H18N4O3S2. The van der Waals surface area contributed by atoms with Crippen LogP contribution >= 0.6 is 11.3 Å². The number of anilines is 2. The summed E-state index contributed by atoms with van der Waals surface area (Å²) in [6.45, 7) is 3.19. The van der Waals surface area contributed by atoms with Gasteiger partial charge in [0, 0.05) is 26.7 Å². The highest BCUT2D eigenvalue weighted by atomic mass is 32.2. The van der Waals surface area contributed by atoms with Gasteiger partial charge in [0.1, 0.15) is 10.7 Å². The molecule has 1 saturated heterocycles. The van der Waals surface area contributed by atoms with Crippen molar-refractivity contribution in [1.82, 2.24) is 9.88 Å². The van der Waals surface area contributed by atoms with E-state index < -0.39 is 9.84 Å². The largest absolute Gasteiger partial charge is 0.382 e. The predicted molar refractivity (Wildman–Crippen MR) is 80.0 cm³/mol. The number of aromatic nitrogens is 1. The van der Waals surface area contributed by atoms with Gasteiger partial charge in [0.05, 0.1) is 11.5 Å². The van der Waals surface area contributed by atoms with E-state index in [0.717, 1.165) is 6.54 Å². The number of hydrogen-bond acceptors (Lipinski definition) is 7. The Kier molecular flexibility index (Phi) is 4.19. The molecule has 0 saturated carbocycles. The average Bonchev–Trinajstić information content (AvgIpc) is 2.79. The van der Waals surface area contributed by atoms with E-state index in [1.807, 2.05) is 18.9 Å². The first-order valence-corrected chi connectivity index (χ1v) is 8.95. The number of thiazole rings is 1. The van der Waals surface area contributed by atoms with Gasteiger partial charge < -0.3 is 15.5 Å². The Morgan fingerprint density at radius 2 is 2.05 bits per heavy atom. The lowest BCUT2D eigenvalue weighted by Gasteiger charge is -2.26. The summed E-state index contributed by atoms with van der Waals surface area (Å²) in [6, 6.07) is 0. The van der Waals surface area contributed by atoms with Gasteiger partial charge in [-0.25, -0.2) is 13.4 Å². The maximum atomic E-state index is 12.4. The van der Waals surface area contributed by atoms with Crippen molar-refractivity contribution in [1.29, 1.82) is 0 Å². The molecule has 0 aromatic carbocycles. The van der Waals surface area contributed by atoms with Crippen molar-refractivity contribution >= 4 is 38.0 Å². The lowest BCUT2D eigenvalue weighted by atomic mass is 10.4. The molecule has 0 radical (unpaired) electrons. The van der Waals surface area contributed by atoms with E-state index in [1.54, 1.807) is 0 Å². The molecule has 1 aliphatic heterocycles. The van der Waals surface area contributed by atoms with Crippen molar-refractivity contribution in [3.63, 3.8) is 0 Å². The second-order valence-corrected chi connectivity index (χ2v) is 7.95. The molecule has 112 valence electrons. The monoisotopic (exact) mass is 318 g/mol. The fourth-order valence-electron chi connectivity index (χ4n) is 1.83. The van der Waals surface area contributed by atoms with E-state index in [0.29, 0.717) is 10.0 Å². The minimum absolute atomic E-state index is 0.0131. The number of rotatable bonds is 3. The molecule has 1 aromatic rings. The van der Waals surface area contributed by atoms with Crippen molar-refractivity contribution < 1.29 is 13.2 Å². The van der Waals surface area contributed by atoms with Gasteiger partial charge in [-0.2, -0.15) is 0 Å². The predicted octanol–water partition coefficient (Wildman–Crippen LogP) is 0.0520. The van der Waals surface area contributed by atoms with Crippen molar-refractivity contribution in [3.05, 3.63) is 4.88 Å². The summed E-state index contributed by atoms with van der Waals surface area (Å²) in [5, 5.41) is 0.693. The summed E-state index contributed by atoms with van der Waals surface area (Å²) < 4.78 is 22.8. The Balaban J connectivity index is 2.16. The first-order valence-electron chi connectivity index (χ1n) is 6.31. The number of nitrogens with two attached hydrogens (primary N) is 1. The molecule has 1 fully saturated rings. The van der Waals surface area contributed by atoms with E-state index >= 15 is 0 Å². The second kappa shape index (κ2) is 5.57. The number of nitrogens with zero attached hydrogens (tertiary/aromatic N) is 3. The average molecular weight is 318 g/mol. The number of carbonyl (C=O) groups is 1. The lowest BCUT2D eigenvalue weighted by molar-refractivity contribution is 0.0776. The van der Waals surface area contributed by atoms with Crippen LogP contribution in [0.2, 0.25) is 0 Å². The normalized spacial score (nSPS) is 18.0. The molecule has 1 aliphatic rings. The Labute approximate surface area is 122 Å². The number of amides is 1. The lowest BCUT2D eigenvalue weighted by Crippen LogP contribution is -2.43. The Hall–Kier alpha value is -1.35. The van der Waals surface area contributed by atoms with Crippen LogP contribution in [-0.4, -0.2) is 62.4 Å². The Morgan fingerprint density at radius 3 is 2.60 bits per heavy atom. The van der Waals surface area contributed by atoms with Crippen LogP contribution in [-0.2, 0) is 9.84 Å². The van der Waals surface area contributed by atoms with E-state index in [1.165, 1.54) is 16.2 Å². The molecule has 0 bridgehead atoms. The van der Waals surface area contributed by atoms with Crippen LogP contribution in [0.5, 0.6) is 0 Å². The highest BCUT2D eigenvalue weighted by Crippen LogP contribution is 2.28. The van der Waals surface area contributed by atoms with Crippen LogP contribution in [0.15, 0.2) is 0 Å². The molecule has 20 heavy (non-hydrogen) atoms. The van der Waals surface area contributed by atoms with Crippen molar-refractivity contribution in [2.45, 2.75) is 6.92 Å². The Morgan fingerprint density at radius 1 is 1.45 bits per heavy atom. The topological polar surface area (TPSA) is 96.6 Å². The SMILES string of the molecule is CCN(C)c1nc(N)c(C(=O)N2CCS(=O)(=O)CC2)s1. The fraction of sp³-hybridized carbons (Fsp3) is 0.636. The van der Waals surface area contributed by atoms with Gasteiger partial charge in [-0.3, -0.25) is 4.79 Å². The number of nitrogen functional groups attached to an aromatic ring is 1. The first-order chi connectivity index (χ1) is 9.34. The zero-order chi connectivity index (χ0) is 14.9. The van der Waals surface area contributed by atoms with Gasteiger partial charge in [0.2, 0.25) is 0 Å². The zero-order valence-electron chi connectivity index (χ0n) is 11.5. The Bertz CT molecular complexity index is 597. The van der Waals surface area contributed by atoms with Gasteiger partial charge in [-0.05, 0) is 6.92 Å². The molecule has 2 N–H and O–H groups in total. The highest BCUT2D eigenvalue weighted by molar-refractivity contribution is 7.91. The minimum atomic E-state index is -3.00. The van der Waals surface area contributed by atoms with Crippen LogP contribution in [0.1, 0.15) is 16.6 Å². The van der Waals surface area contributed by atoms with Crippen molar-refractivity contribution in [2.75, 3.05) is 48.8 Å². The quantitative estimate of drug-likeness (QED) is 0.846. The van der Waals surface area contributed by atoms with Gasteiger partial charge in [0.15, 0.2) is 15.0 Å². The number of carbonyl (C=O) groups excluding carboxylic acids is 1. The van der Waals surface area contributed by atoms with E-state index in [9.17, 15) is 13.2 Å². The number of hydrogen-bond donors (Lipinski definition) is 1. The molecule has 1 amide bonds. The van der Waals surface area contributed by atoms with Crippen LogP contribution in [0, 0.1) is 0 Å². The minimum Gasteiger partial charge on any atom is -0.382 e. The van der Waals surface area contributed by atoms with Crippen LogP contribution in [0.25, 0.3) is 0 Å². The maximum Gasteiger partial charge on any atom is 0.267 e. The van der Waals surface area contributed by atoms with Gasteiger partial charge in [-0.1, -0.05) is 11.3 Å². The van der Waals surface area contributed by atoms with Gasteiger partial charge >= 0.3 is 0 Å². The summed E-state index contributed by atoms with van der Waals surface area (Å²) >= 11 is 1.24. The molecule has 0 aliphatic carbocycles. The van der Waals surface area contributed by atoms with Crippen LogP contribution in [0.3, 0.4) is 0 Å². The zero-order valence-corrected chi connectivity index (χ0v) is 13.1. The summed E-state index contributed by atoms with van der Waals surface area (Å²) in [4.78, 5) is 20.4. The van der Waals surface area contributed by atoms with Crippen LogP contribution < -0.4 is 10.6 Å². The van der Waals surface area contributed by atoms with Gasteiger partial charge in [0.25, 0.3) is 5.91 Å². The molecule has 1 aromatic heterocycles. The molecule has 0 spiro atoms. The van der Waals surface area contributed by atoms with Crippen molar-refractivity contribution in [2.24, 2.45) is 0 Å². The molecule has 7 nitrogen and oxygen atoms in total. The van der Waals surface area contributed by atoms with Crippen molar-refractivity contribution in [3.8, 4) is 0 Å². The molecule has 0 unspecified atom stereocenters. The third kappa shape index (κ3) is 3.04. The van der Waals surface area contributed by atoms with E-state index in [2.05, 4.69) is 4.98 Å². The third-order valence-electron chi connectivity index (χ3n) is 3.27. The second-order valence-electron chi connectivity index (χ2n) is 4.67. The summed E-state index contributed by atoms with van der Waals surface area (Å²) in [5.41, 5.74) is 5.80. The molecular weight excluding hydrogens is 300 g/mol. The summed E-state index contributed by atoms with van der Waals surface area (Å²) in [5.74, 6) is 0.00704. The first kappa shape index (κ1) is 15.0. The fourth-order valence-corrected chi connectivity index (χ4v) is 4.01. The summed E-state index contributed by atoms with van der Waals surface area (Å²) in [6.07, 6.45) is 0. The van der Waals surface area contributed by atoms with E-state index in [-0.39, 0.29) is 36.3 Å². The molecule has 2 rings (SSSR count).